The molecule has 0 spiro atoms. The number of aliphatic hydroxyl groups excluding tert-OH is 9. The molecular weight excluding hydrogens is 744 g/mol. The molecule has 57 heavy (non-hydrogen) atoms. The molecule has 0 unspecified atom stereocenters. The van der Waals surface area contributed by atoms with Crippen LogP contribution in [0.5, 0.6) is 0 Å². The summed E-state index contributed by atoms with van der Waals surface area (Å²) in [5, 5.41) is 100. The van der Waals surface area contributed by atoms with Crippen molar-refractivity contribution in [2.45, 2.75) is 171 Å². The number of allylic oxidation sites excluding steroid dienone is 1. The number of fused-ring (bicyclic) bond motifs is 4. The third-order valence-electron chi connectivity index (χ3n) is 15.1. The SMILES string of the molecule is C=C(CC[C@@H](C)[C@H]1[C@H](O[C@@H]2O[C@@H]([C@H](O)COC)[C@H](O[C@@H]3O[C@@H]([C@H](O)COC)[C@H](O)[C@H]3O)[C@H]2O)CC2=C3[C@@H](O)[C@@H](O)[C@H]4[C@@H](O)[C@@H](O)CC[C@]4(C)[C@H]3CC[C@@]21C)C(C)C. The molecule has 0 radical (unpaired) electrons. The Morgan fingerprint density at radius 2 is 1.40 bits per heavy atom. The van der Waals surface area contributed by atoms with Crippen molar-refractivity contribution in [3.8, 4) is 0 Å². The lowest BCUT2D eigenvalue weighted by Gasteiger charge is -2.60. The molecule has 15 heteroatoms. The summed E-state index contributed by atoms with van der Waals surface area (Å²) in [5.74, 6) is -0.585. The van der Waals surface area contributed by atoms with E-state index in [1.807, 2.05) is 0 Å². The molecule has 3 saturated carbocycles. The highest BCUT2D eigenvalue weighted by atomic mass is 16.8. The van der Waals surface area contributed by atoms with Crippen LogP contribution in [-0.4, -0.2) is 165 Å². The minimum atomic E-state index is -1.61. The number of methoxy groups -OCH3 is 2. The zero-order chi connectivity index (χ0) is 41.9. The summed E-state index contributed by atoms with van der Waals surface area (Å²) >= 11 is 0. The van der Waals surface area contributed by atoms with E-state index in [4.69, 9.17) is 28.4 Å². The van der Waals surface area contributed by atoms with Crippen molar-refractivity contribution < 1.29 is 74.4 Å². The Bertz CT molecular complexity index is 1430. The summed E-state index contributed by atoms with van der Waals surface area (Å²) in [6.45, 7) is 14.6. The molecule has 0 bridgehead atoms. The van der Waals surface area contributed by atoms with E-state index >= 15 is 0 Å². The first-order chi connectivity index (χ1) is 26.8. The average Bonchev–Trinajstić information content (AvgIpc) is 3.74. The van der Waals surface area contributed by atoms with Gasteiger partial charge in [-0.05, 0) is 85.0 Å². The molecule has 6 rings (SSSR count). The largest absolute Gasteiger partial charge is 0.390 e. The van der Waals surface area contributed by atoms with Crippen molar-refractivity contribution in [1.82, 2.24) is 0 Å². The maximum Gasteiger partial charge on any atom is 0.187 e. The van der Waals surface area contributed by atoms with Crippen molar-refractivity contribution in [3.05, 3.63) is 23.3 Å². The second-order valence-electron chi connectivity index (χ2n) is 18.8. The molecule has 5 fully saturated rings. The second kappa shape index (κ2) is 17.7. The summed E-state index contributed by atoms with van der Waals surface area (Å²) in [6.07, 6.45) is -14.6. The van der Waals surface area contributed by atoms with E-state index in [9.17, 15) is 46.0 Å². The lowest BCUT2D eigenvalue weighted by molar-refractivity contribution is -0.226. The van der Waals surface area contributed by atoms with Crippen molar-refractivity contribution in [3.63, 3.8) is 0 Å². The first-order valence-electron chi connectivity index (χ1n) is 21.0. The van der Waals surface area contributed by atoms with Gasteiger partial charge >= 0.3 is 0 Å². The van der Waals surface area contributed by atoms with Crippen LogP contribution in [0.25, 0.3) is 0 Å². The van der Waals surface area contributed by atoms with E-state index in [0.29, 0.717) is 31.6 Å². The molecular formula is C42H70O15. The van der Waals surface area contributed by atoms with Crippen LogP contribution < -0.4 is 0 Å². The van der Waals surface area contributed by atoms with Crippen molar-refractivity contribution >= 4 is 0 Å². The second-order valence-corrected chi connectivity index (χ2v) is 18.8. The van der Waals surface area contributed by atoms with Crippen LogP contribution in [0.2, 0.25) is 0 Å². The summed E-state index contributed by atoms with van der Waals surface area (Å²) in [5.41, 5.74) is 1.89. The van der Waals surface area contributed by atoms with Gasteiger partial charge in [-0.2, -0.15) is 0 Å². The molecule has 0 amide bonds. The maximum atomic E-state index is 12.0. The lowest BCUT2D eigenvalue weighted by atomic mass is 9.47. The highest BCUT2D eigenvalue weighted by Gasteiger charge is 2.65. The molecule has 2 heterocycles. The van der Waals surface area contributed by atoms with Gasteiger partial charge in [-0.15, -0.1) is 0 Å². The van der Waals surface area contributed by atoms with Gasteiger partial charge < -0.3 is 74.4 Å². The number of hydrogen-bond acceptors (Lipinski definition) is 15. The van der Waals surface area contributed by atoms with Crippen LogP contribution in [0.4, 0.5) is 0 Å². The minimum Gasteiger partial charge on any atom is -0.390 e. The zero-order valence-corrected chi connectivity index (χ0v) is 34.6. The highest BCUT2D eigenvalue weighted by molar-refractivity contribution is 5.40. The Balaban J connectivity index is 1.32. The quantitative estimate of drug-likeness (QED) is 0.103. The van der Waals surface area contributed by atoms with Gasteiger partial charge in [-0.3, -0.25) is 0 Å². The Hall–Kier alpha value is -1.12. The van der Waals surface area contributed by atoms with Crippen LogP contribution in [0.3, 0.4) is 0 Å². The maximum absolute atomic E-state index is 12.0. The van der Waals surface area contributed by atoms with Crippen LogP contribution in [0, 0.1) is 40.4 Å². The number of ether oxygens (including phenoxy) is 6. The monoisotopic (exact) mass is 814 g/mol. The van der Waals surface area contributed by atoms with E-state index in [-0.39, 0.29) is 31.0 Å². The van der Waals surface area contributed by atoms with Gasteiger partial charge in [0.15, 0.2) is 12.6 Å². The number of hydrogen-bond donors (Lipinski definition) is 9. The molecule has 21 atom stereocenters. The van der Waals surface area contributed by atoms with E-state index < -0.39 is 109 Å². The first kappa shape index (κ1) is 45.4. The molecule has 15 nitrogen and oxygen atoms in total. The van der Waals surface area contributed by atoms with Crippen LogP contribution in [0.15, 0.2) is 23.3 Å². The third kappa shape index (κ3) is 8.07. The molecule has 0 aromatic carbocycles. The molecule has 4 aliphatic carbocycles. The Morgan fingerprint density at radius 1 is 0.789 bits per heavy atom. The molecule has 2 saturated heterocycles. The van der Waals surface area contributed by atoms with Crippen molar-refractivity contribution in [2.24, 2.45) is 40.4 Å². The van der Waals surface area contributed by atoms with Crippen molar-refractivity contribution in [1.29, 1.82) is 0 Å². The standard InChI is InChI=1S/C42H70O15/c1-18(2)19(3)9-10-20(4)28-26(15-22-27-21(11-13-42(22,28)6)41(5)14-12-23(43)30(46)29(41)32(48)31(27)47)54-40-35(51)38(37(56-40)25(45)17-53-8)57-39-34(50)33(49)36(55-39)24(44)16-52-7/h18,20-21,23-26,28-40,43-51H,3,9-17H2,1-2,4-8H3/t20-,21+,23+,24-,25-,26-,28+,29-,30+,31-,32+,33-,34-,35-,36+,37+,38-,39+,40-,41-,42+/m1/s1. The summed E-state index contributed by atoms with van der Waals surface area (Å²) in [7, 11) is 2.77. The smallest absolute Gasteiger partial charge is 0.187 e. The lowest BCUT2D eigenvalue weighted by Crippen LogP contribution is -2.63. The van der Waals surface area contributed by atoms with Gasteiger partial charge in [0.05, 0.1) is 37.6 Å². The Labute approximate surface area is 336 Å². The summed E-state index contributed by atoms with van der Waals surface area (Å²) in [6, 6.07) is 0. The highest BCUT2D eigenvalue weighted by Crippen LogP contribution is 2.66. The molecule has 9 N–H and O–H groups in total. The minimum absolute atomic E-state index is 0.0743. The average molecular weight is 815 g/mol. The fourth-order valence-corrected chi connectivity index (χ4v) is 11.8. The fourth-order valence-electron chi connectivity index (χ4n) is 11.8. The van der Waals surface area contributed by atoms with E-state index in [0.717, 1.165) is 36.0 Å². The van der Waals surface area contributed by atoms with Gasteiger partial charge in [-0.1, -0.05) is 52.3 Å². The Kier molecular flexibility index (Phi) is 14.1. The predicted molar refractivity (Wildman–Crippen MR) is 204 cm³/mol. The zero-order valence-electron chi connectivity index (χ0n) is 34.6. The predicted octanol–water partition coefficient (Wildman–Crippen LogP) is 0.539. The van der Waals surface area contributed by atoms with Gasteiger partial charge in [0.25, 0.3) is 0 Å². The first-order valence-corrected chi connectivity index (χ1v) is 21.0. The molecule has 0 aromatic rings. The molecule has 6 aliphatic rings. The summed E-state index contributed by atoms with van der Waals surface area (Å²) in [4.78, 5) is 0. The molecule has 2 aliphatic heterocycles. The Morgan fingerprint density at radius 3 is 2.04 bits per heavy atom. The van der Waals surface area contributed by atoms with Gasteiger partial charge in [-0.25, -0.2) is 0 Å². The molecule has 0 aromatic heterocycles. The normalized spacial score (nSPS) is 47.5. The van der Waals surface area contributed by atoms with Gasteiger partial charge in [0.2, 0.25) is 0 Å². The van der Waals surface area contributed by atoms with E-state index in [2.05, 4.69) is 41.2 Å². The van der Waals surface area contributed by atoms with Crippen molar-refractivity contribution in [2.75, 3.05) is 27.4 Å². The summed E-state index contributed by atoms with van der Waals surface area (Å²) < 4.78 is 35.1. The van der Waals surface area contributed by atoms with E-state index in [1.165, 1.54) is 14.2 Å². The van der Waals surface area contributed by atoms with E-state index in [1.54, 1.807) is 0 Å². The number of aliphatic hydroxyl groups is 9. The fraction of sp³-hybridized carbons (Fsp3) is 0.905. The van der Waals surface area contributed by atoms with Crippen LogP contribution in [-0.2, 0) is 28.4 Å². The number of rotatable bonds is 15. The topological polar surface area (TPSA) is 237 Å². The molecule has 328 valence electrons. The van der Waals surface area contributed by atoms with Crippen LogP contribution in [0.1, 0.15) is 79.6 Å². The van der Waals surface area contributed by atoms with Gasteiger partial charge in [0.1, 0.15) is 54.9 Å². The van der Waals surface area contributed by atoms with Crippen LogP contribution >= 0.6 is 0 Å². The third-order valence-corrected chi connectivity index (χ3v) is 15.1. The van der Waals surface area contributed by atoms with Gasteiger partial charge in [0, 0.05) is 20.1 Å².